The lowest BCUT2D eigenvalue weighted by Crippen LogP contribution is -2.46. The van der Waals surface area contributed by atoms with Crippen LogP contribution in [0.4, 0.5) is 0 Å². The number of hydrogen-bond acceptors (Lipinski definition) is 6. The third-order valence-electron chi connectivity index (χ3n) is 5.22. The third-order valence-corrected chi connectivity index (χ3v) is 6.15. The van der Waals surface area contributed by atoms with Crippen molar-refractivity contribution >= 4 is 16.6 Å². The SMILES string of the molecule is C[S@](=O)c1ccc(-c2nc3ncccn3c2CN2CCN(CCO)CC2)cc1. The number of aliphatic hydroxyl groups excluding tert-OH is 1. The molecule has 8 heteroatoms. The molecule has 1 saturated heterocycles. The quantitative estimate of drug-likeness (QED) is 0.672. The summed E-state index contributed by atoms with van der Waals surface area (Å²) in [5.41, 5.74) is 3.04. The van der Waals surface area contributed by atoms with Crippen molar-refractivity contribution in [2.24, 2.45) is 0 Å². The first-order valence-electron chi connectivity index (χ1n) is 9.47. The summed E-state index contributed by atoms with van der Waals surface area (Å²) in [5, 5.41) is 9.13. The van der Waals surface area contributed by atoms with Gasteiger partial charge in [0.1, 0.15) is 0 Å². The average Bonchev–Trinajstić information content (AvgIpc) is 3.08. The Morgan fingerprint density at radius 2 is 1.82 bits per heavy atom. The van der Waals surface area contributed by atoms with Crippen LogP contribution in [0.3, 0.4) is 0 Å². The maximum atomic E-state index is 11.7. The van der Waals surface area contributed by atoms with Gasteiger partial charge in [0.05, 0.1) is 18.0 Å². The molecule has 0 bridgehead atoms. The van der Waals surface area contributed by atoms with Gasteiger partial charge in [0.25, 0.3) is 0 Å². The molecule has 0 unspecified atom stereocenters. The highest BCUT2D eigenvalue weighted by Gasteiger charge is 2.21. The molecule has 1 aromatic carbocycles. The molecule has 1 aliphatic rings. The van der Waals surface area contributed by atoms with E-state index in [1.54, 1.807) is 12.5 Å². The van der Waals surface area contributed by atoms with Crippen LogP contribution in [0.5, 0.6) is 0 Å². The van der Waals surface area contributed by atoms with Crippen LogP contribution in [0.25, 0.3) is 17.0 Å². The minimum absolute atomic E-state index is 0.210. The fourth-order valence-corrected chi connectivity index (χ4v) is 4.17. The molecule has 0 saturated carbocycles. The first-order valence-corrected chi connectivity index (χ1v) is 11.0. The lowest BCUT2D eigenvalue weighted by Gasteiger charge is -2.34. The topological polar surface area (TPSA) is 74.0 Å². The van der Waals surface area contributed by atoms with E-state index in [9.17, 15) is 4.21 Å². The van der Waals surface area contributed by atoms with Gasteiger partial charge in [0, 0.05) is 79.2 Å². The molecule has 1 fully saturated rings. The summed E-state index contributed by atoms with van der Waals surface area (Å²) in [6.45, 7) is 5.58. The van der Waals surface area contributed by atoms with Crippen LogP contribution in [0.2, 0.25) is 0 Å². The van der Waals surface area contributed by atoms with Crippen LogP contribution in [-0.2, 0) is 17.3 Å². The van der Waals surface area contributed by atoms with Gasteiger partial charge >= 0.3 is 0 Å². The molecule has 148 valence electrons. The number of β-amino-alcohol motifs (C(OH)–C–C–N with tert-alkyl or cyclic N) is 1. The van der Waals surface area contributed by atoms with Crippen LogP contribution in [0.15, 0.2) is 47.6 Å². The molecule has 0 radical (unpaired) electrons. The maximum absolute atomic E-state index is 11.7. The number of aromatic nitrogens is 3. The zero-order valence-electron chi connectivity index (χ0n) is 16.0. The molecule has 7 nitrogen and oxygen atoms in total. The van der Waals surface area contributed by atoms with Crippen LogP contribution < -0.4 is 0 Å². The second-order valence-electron chi connectivity index (χ2n) is 7.02. The number of imidazole rings is 1. The standard InChI is InChI=1S/C20H25N5O2S/c1-28(27)17-5-3-16(4-6-17)19-18(25-8-2-7-21-20(25)22-19)15-24-11-9-23(10-12-24)13-14-26/h2-8,26H,9-15H2,1H3/t28-/m0/s1. The van der Waals surface area contributed by atoms with E-state index >= 15 is 0 Å². The number of hydrogen-bond donors (Lipinski definition) is 1. The zero-order chi connectivity index (χ0) is 19.5. The molecule has 0 amide bonds. The predicted molar refractivity (Wildman–Crippen MR) is 110 cm³/mol. The van der Waals surface area contributed by atoms with Crippen LogP contribution >= 0.6 is 0 Å². The normalized spacial score (nSPS) is 17.2. The van der Waals surface area contributed by atoms with E-state index in [1.807, 2.05) is 36.5 Å². The largest absolute Gasteiger partial charge is 0.395 e. The molecular weight excluding hydrogens is 374 g/mol. The Hall–Kier alpha value is -2.13. The van der Waals surface area contributed by atoms with Gasteiger partial charge in [-0.25, -0.2) is 9.97 Å². The van der Waals surface area contributed by atoms with Crippen molar-refractivity contribution < 1.29 is 9.32 Å². The first-order chi connectivity index (χ1) is 13.7. The van der Waals surface area contributed by atoms with Crippen molar-refractivity contribution in [3.63, 3.8) is 0 Å². The van der Waals surface area contributed by atoms with Crippen molar-refractivity contribution in [1.29, 1.82) is 0 Å². The number of benzene rings is 1. The van der Waals surface area contributed by atoms with Gasteiger partial charge in [-0.15, -0.1) is 0 Å². The molecular formula is C20H25N5O2S. The fourth-order valence-electron chi connectivity index (χ4n) is 3.65. The van der Waals surface area contributed by atoms with Gasteiger partial charge in [0.15, 0.2) is 0 Å². The first kappa shape index (κ1) is 19.2. The van der Waals surface area contributed by atoms with Gasteiger partial charge in [-0.1, -0.05) is 12.1 Å². The Balaban J connectivity index is 1.63. The van der Waals surface area contributed by atoms with E-state index in [-0.39, 0.29) is 6.61 Å². The van der Waals surface area contributed by atoms with Crippen molar-refractivity contribution in [3.05, 3.63) is 48.4 Å². The van der Waals surface area contributed by atoms with E-state index in [0.29, 0.717) is 5.78 Å². The summed E-state index contributed by atoms with van der Waals surface area (Å²) in [6, 6.07) is 9.70. The van der Waals surface area contributed by atoms with Gasteiger partial charge < -0.3 is 5.11 Å². The molecule has 2 aromatic heterocycles. The third kappa shape index (κ3) is 4.00. The second kappa shape index (κ2) is 8.48. The lowest BCUT2D eigenvalue weighted by atomic mass is 10.1. The fraction of sp³-hybridized carbons (Fsp3) is 0.400. The predicted octanol–water partition coefficient (Wildman–Crippen LogP) is 1.24. The molecule has 3 heterocycles. The van der Waals surface area contributed by atoms with Gasteiger partial charge in [-0.2, -0.15) is 0 Å². The molecule has 1 aliphatic heterocycles. The van der Waals surface area contributed by atoms with Crippen molar-refractivity contribution in [2.75, 3.05) is 45.6 Å². The summed E-state index contributed by atoms with van der Waals surface area (Å²) in [7, 11) is -0.993. The van der Waals surface area contributed by atoms with Gasteiger partial charge in [-0.3, -0.25) is 18.4 Å². The second-order valence-corrected chi connectivity index (χ2v) is 8.40. The molecule has 0 aliphatic carbocycles. The highest BCUT2D eigenvalue weighted by atomic mass is 32.2. The summed E-state index contributed by atoms with van der Waals surface area (Å²) in [5.74, 6) is 0.689. The van der Waals surface area contributed by atoms with Crippen LogP contribution in [0.1, 0.15) is 5.69 Å². The van der Waals surface area contributed by atoms with Gasteiger partial charge in [-0.05, 0) is 18.2 Å². The zero-order valence-corrected chi connectivity index (χ0v) is 16.8. The molecule has 4 rings (SSSR count). The Labute approximate surface area is 167 Å². The van der Waals surface area contributed by atoms with E-state index in [1.165, 1.54) is 0 Å². The van der Waals surface area contributed by atoms with E-state index in [4.69, 9.17) is 10.1 Å². The van der Waals surface area contributed by atoms with E-state index in [2.05, 4.69) is 19.2 Å². The number of aliphatic hydroxyl groups is 1. The maximum Gasteiger partial charge on any atom is 0.234 e. The lowest BCUT2D eigenvalue weighted by molar-refractivity contribution is 0.107. The Morgan fingerprint density at radius 3 is 2.50 bits per heavy atom. The minimum Gasteiger partial charge on any atom is -0.395 e. The van der Waals surface area contributed by atoms with Crippen molar-refractivity contribution in [1.82, 2.24) is 24.2 Å². The van der Waals surface area contributed by atoms with Gasteiger partial charge in [0.2, 0.25) is 5.78 Å². The summed E-state index contributed by atoms with van der Waals surface area (Å²) >= 11 is 0. The monoisotopic (exact) mass is 399 g/mol. The average molecular weight is 400 g/mol. The van der Waals surface area contributed by atoms with Crippen LogP contribution in [0, 0.1) is 0 Å². The number of piperazine rings is 1. The molecule has 1 atom stereocenters. The van der Waals surface area contributed by atoms with Crippen LogP contribution in [-0.4, -0.2) is 79.1 Å². The number of nitrogens with zero attached hydrogens (tertiary/aromatic N) is 5. The van der Waals surface area contributed by atoms with E-state index in [0.717, 1.165) is 61.1 Å². The number of rotatable bonds is 6. The Morgan fingerprint density at radius 1 is 1.11 bits per heavy atom. The number of fused-ring (bicyclic) bond motifs is 1. The summed E-state index contributed by atoms with van der Waals surface area (Å²) in [4.78, 5) is 14.7. The van der Waals surface area contributed by atoms with E-state index < -0.39 is 10.8 Å². The summed E-state index contributed by atoms with van der Waals surface area (Å²) < 4.78 is 13.7. The summed E-state index contributed by atoms with van der Waals surface area (Å²) in [6.07, 6.45) is 5.45. The highest BCUT2D eigenvalue weighted by molar-refractivity contribution is 7.84. The minimum atomic E-state index is -0.993. The van der Waals surface area contributed by atoms with Crippen molar-refractivity contribution in [2.45, 2.75) is 11.4 Å². The smallest absolute Gasteiger partial charge is 0.234 e. The molecule has 28 heavy (non-hydrogen) atoms. The molecule has 3 aromatic rings. The van der Waals surface area contributed by atoms with Crippen molar-refractivity contribution in [3.8, 4) is 11.3 Å². The Bertz CT molecular complexity index is 964. The molecule has 0 spiro atoms. The Kier molecular flexibility index (Phi) is 5.82. The molecule has 1 N–H and O–H groups in total. The highest BCUT2D eigenvalue weighted by Crippen LogP contribution is 2.26.